The van der Waals surface area contributed by atoms with Crippen molar-refractivity contribution in [1.29, 1.82) is 5.26 Å². The number of hydrogen-bond donors (Lipinski definition) is 1. The van der Waals surface area contributed by atoms with E-state index in [4.69, 9.17) is 10.5 Å². The molecule has 0 heterocycles. The Morgan fingerprint density at radius 2 is 2.60 bits per heavy atom. The van der Waals surface area contributed by atoms with E-state index in [0.717, 1.165) is 0 Å². The third kappa shape index (κ3) is 3.93. The molecule has 0 saturated heterocycles. The molecule has 0 atom stereocenters. The van der Waals surface area contributed by atoms with E-state index in [0.29, 0.717) is 0 Å². The monoisotopic (exact) mass is 139 g/mol. The number of hydrogen-bond acceptors (Lipinski definition) is 3. The molecule has 4 heteroatoms. The summed E-state index contributed by atoms with van der Waals surface area (Å²) in [6, 6.07) is 0. The van der Waals surface area contributed by atoms with Gasteiger partial charge in [-0.2, -0.15) is 0 Å². The first-order valence-electron chi connectivity index (χ1n) is 0.777. The molecule has 0 radical (unpaired) electrons. The Balaban J connectivity index is 2.48. The first-order valence-corrected chi connectivity index (χ1v) is 2.33. The minimum atomic E-state index is -0.681. The second-order valence-corrected chi connectivity index (χ2v) is 1.29. The Kier molecular flexibility index (Phi) is 3.87. The molecule has 0 aromatic carbocycles. The third-order valence-electron chi connectivity index (χ3n) is 0.0745. The Morgan fingerprint density at radius 1 is 2.00 bits per heavy atom. The molecule has 0 unspecified atom stereocenters. The van der Waals surface area contributed by atoms with Crippen LogP contribution < -0.4 is 0 Å². The van der Waals surface area contributed by atoms with E-state index in [1.807, 2.05) is 0 Å². The quantitative estimate of drug-likeness (QED) is 0.304. The molecular formula is CHNO2Se. The van der Waals surface area contributed by atoms with Gasteiger partial charge in [-0.15, -0.1) is 0 Å². The number of nitrogens with zero attached hydrogens (tertiary/aromatic N) is 1. The van der Waals surface area contributed by atoms with Gasteiger partial charge in [0, 0.05) is 0 Å². The summed E-state index contributed by atoms with van der Waals surface area (Å²) in [5.41, 5.74) is 0. The van der Waals surface area contributed by atoms with Crippen molar-refractivity contribution in [3.63, 3.8) is 0 Å². The third-order valence-corrected chi connectivity index (χ3v) is 0.387. The van der Waals surface area contributed by atoms with Gasteiger partial charge in [0.25, 0.3) is 0 Å². The van der Waals surface area contributed by atoms with Gasteiger partial charge in [-0.25, -0.2) is 0 Å². The van der Waals surface area contributed by atoms with Gasteiger partial charge < -0.3 is 0 Å². The molecule has 0 aliphatic rings. The molecular weight excluding hydrogens is 137 g/mol. The van der Waals surface area contributed by atoms with Crippen LogP contribution in [0, 0.1) is 10.2 Å². The van der Waals surface area contributed by atoms with Crippen molar-refractivity contribution in [2.75, 3.05) is 0 Å². The first-order chi connectivity index (χ1) is 2.41. The first kappa shape index (κ1) is 4.93. The van der Waals surface area contributed by atoms with Gasteiger partial charge in [0.05, 0.1) is 0 Å². The summed E-state index contributed by atoms with van der Waals surface area (Å²) in [6.45, 7) is 0. The molecule has 0 aromatic heterocycles. The van der Waals surface area contributed by atoms with Crippen molar-refractivity contribution < 1.29 is 9.23 Å². The fraction of sp³-hybridized carbons (Fsp3) is 0. The second kappa shape index (κ2) is 3.93. The normalized spacial score (nSPS) is 6.40. The van der Waals surface area contributed by atoms with Gasteiger partial charge in [0.1, 0.15) is 0 Å². The molecule has 0 aromatic rings. The van der Waals surface area contributed by atoms with E-state index in [1.54, 1.807) is 4.97 Å². The van der Waals surface area contributed by atoms with E-state index in [9.17, 15) is 0 Å². The molecule has 0 fully saturated rings. The maximum atomic E-state index is 7.56. The van der Waals surface area contributed by atoms with Crippen LogP contribution in [0.1, 0.15) is 0 Å². The molecule has 0 amide bonds. The summed E-state index contributed by atoms with van der Waals surface area (Å²) in [4.78, 5) is 1.61. The molecule has 0 spiro atoms. The molecule has 3 nitrogen and oxygen atoms in total. The van der Waals surface area contributed by atoms with E-state index in [1.165, 1.54) is 0 Å². The fourth-order valence-electron chi connectivity index (χ4n) is 0.0167. The van der Waals surface area contributed by atoms with E-state index < -0.39 is 15.3 Å². The van der Waals surface area contributed by atoms with Crippen LogP contribution in [0.2, 0.25) is 0 Å². The summed E-state index contributed by atoms with van der Waals surface area (Å²) in [7, 11) is 0. The topological polar surface area (TPSA) is 53.2 Å². The number of nitriles is 1. The minimum absolute atomic E-state index is 0.681. The van der Waals surface area contributed by atoms with Crippen molar-refractivity contribution in [2.24, 2.45) is 0 Å². The predicted molar refractivity (Wildman–Crippen MR) is 15.1 cm³/mol. The van der Waals surface area contributed by atoms with Crippen molar-refractivity contribution in [3.8, 4) is 4.97 Å². The van der Waals surface area contributed by atoms with Gasteiger partial charge in [-0.05, 0) is 0 Å². The van der Waals surface area contributed by atoms with Crippen molar-refractivity contribution in [3.05, 3.63) is 0 Å². The summed E-state index contributed by atoms with van der Waals surface area (Å²) >= 11 is -0.681. The average molecular weight is 138 g/mol. The van der Waals surface area contributed by atoms with Crippen LogP contribution in [-0.4, -0.2) is 20.5 Å². The van der Waals surface area contributed by atoms with E-state index in [-0.39, 0.29) is 0 Å². The zero-order valence-corrected chi connectivity index (χ0v) is 3.92. The summed E-state index contributed by atoms with van der Waals surface area (Å²) in [5.74, 6) is 0. The van der Waals surface area contributed by atoms with Crippen molar-refractivity contribution in [1.82, 2.24) is 0 Å². The van der Waals surface area contributed by atoms with Gasteiger partial charge in [-0.1, -0.05) is 0 Å². The van der Waals surface area contributed by atoms with Crippen LogP contribution in [0.3, 0.4) is 0 Å². The van der Waals surface area contributed by atoms with Crippen LogP contribution in [0.25, 0.3) is 0 Å². The zero-order valence-electron chi connectivity index (χ0n) is 2.21. The van der Waals surface area contributed by atoms with Crippen LogP contribution in [0.4, 0.5) is 0 Å². The van der Waals surface area contributed by atoms with Gasteiger partial charge in [0.15, 0.2) is 0 Å². The van der Waals surface area contributed by atoms with Gasteiger partial charge in [-0.3, -0.25) is 0 Å². The van der Waals surface area contributed by atoms with Crippen LogP contribution in [0.5, 0.6) is 0 Å². The molecule has 5 heavy (non-hydrogen) atoms. The van der Waals surface area contributed by atoms with Crippen LogP contribution in [-0.2, 0) is 3.97 Å². The molecule has 0 aliphatic heterocycles. The Hall–Kier alpha value is -0.0705. The molecule has 0 saturated carbocycles. The Bertz CT molecular complexity index is 48.1. The van der Waals surface area contributed by atoms with Crippen LogP contribution in [0.15, 0.2) is 0 Å². The zero-order chi connectivity index (χ0) is 4.12. The van der Waals surface area contributed by atoms with Crippen LogP contribution >= 0.6 is 0 Å². The molecule has 1 N–H and O–H groups in total. The molecule has 0 aliphatic carbocycles. The molecule has 0 bridgehead atoms. The number of rotatable bonds is 1. The fourth-order valence-corrected chi connectivity index (χ4v) is 0.0866. The van der Waals surface area contributed by atoms with Gasteiger partial charge >= 0.3 is 34.7 Å². The Labute approximate surface area is 35.6 Å². The maximum absolute atomic E-state index is 7.56. The SMILES string of the molecule is N#C[Se]OO. The van der Waals surface area contributed by atoms with Crippen molar-refractivity contribution in [2.45, 2.75) is 0 Å². The van der Waals surface area contributed by atoms with E-state index in [2.05, 4.69) is 3.97 Å². The summed E-state index contributed by atoms with van der Waals surface area (Å²) < 4.78 is 3.39. The van der Waals surface area contributed by atoms with E-state index >= 15 is 0 Å². The van der Waals surface area contributed by atoms with Crippen molar-refractivity contribution >= 4 is 15.3 Å². The summed E-state index contributed by atoms with van der Waals surface area (Å²) in [5, 5.41) is 14.9. The standard InChI is InChI=1S/CHNO2Se/c2-1-5-4-3/h3H. The van der Waals surface area contributed by atoms with Gasteiger partial charge in [0.2, 0.25) is 0 Å². The molecule has 0 rings (SSSR count). The summed E-state index contributed by atoms with van der Waals surface area (Å²) in [6.07, 6.45) is 0. The predicted octanol–water partition coefficient (Wildman–Crippen LogP) is -0.424. The molecule has 28 valence electrons. The second-order valence-electron chi connectivity index (χ2n) is 0.249. The Morgan fingerprint density at radius 3 is 2.60 bits per heavy atom. The average Bonchev–Trinajstić information content (AvgIpc) is 1.41.